The standard InChI is InChI=1S/C22H26ClNO3/c1-27-15-16-8-10-24(11-9-16)22(26)14-21(17-4-2-6-19(23)12-17)18-5-3-7-20(25)13-18/h2-7,12-13,16,21,25H,8-11,14-15H2,1H3/t21-/m1/s1. The zero-order valence-corrected chi connectivity index (χ0v) is 16.4. The highest BCUT2D eigenvalue weighted by Gasteiger charge is 2.26. The van der Waals surface area contributed by atoms with Crippen LogP contribution < -0.4 is 0 Å². The van der Waals surface area contributed by atoms with Gasteiger partial charge in [-0.3, -0.25) is 4.79 Å². The summed E-state index contributed by atoms with van der Waals surface area (Å²) in [6, 6.07) is 14.7. The van der Waals surface area contributed by atoms with Crippen molar-refractivity contribution in [2.45, 2.75) is 25.2 Å². The first-order chi connectivity index (χ1) is 13.1. The van der Waals surface area contributed by atoms with Gasteiger partial charge in [0.05, 0.1) is 0 Å². The second kappa shape index (κ2) is 9.25. The topological polar surface area (TPSA) is 49.8 Å². The van der Waals surface area contributed by atoms with Crippen molar-refractivity contribution in [1.82, 2.24) is 4.90 Å². The molecule has 27 heavy (non-hydrogen) atoms. The fraction of sp³-hybridized carbons (Fsp3) is 0.409. The minimum Gasteiger partial charge on any atom is -0.508 e. The third-order valence-electron chi connectivity index (χ3n) is 5.27. The molecule has 0 aromatic heterocycles. The molecule has 0 bridgehead atoms. The molecule has 3 rings (SSSR count). The quantitative estimate of drug-likeness (QED) is 0.796. The molecule has 1 aliphatic heterocycles. The number of hydrogen-bond donors (Lipinski definition) is 1. The van der Waals surface area contributed by atoms with Crippen LogP contribution in [-0.4, -0.2) is 42.7 Å². The predicted molar refractivity (Wildman–Crippen MR) is 107 cm³/mol. The zero-order chi connectivity index (χ0) is 19.2. The van der Waals surface area contributed by atoms with Crippen LogP contribution in [0.25, 0.3) is 0 Å². The van der Waals surface area contributed by atoms with Crippen LogP contribution in [0.15, 0.2) is 48.5 Å². The van der Waals surface area contributed by atoms with Crippen LogP contribution in [0, 0.1) is 5.92 Å². The van der Waals surface area contributed by atoms with Gasteiger partial charge in [-0.25, -0.2) is 0 Å². The van der Waals surface area contributed by atoms with Crippen molar-refractivity contribution in [3.8, 4) is 5.75 Å². The number of nitrogens with zero attached hydrogens (tertiary/aromatic N) is 1. The lowest BCUT2D eigenvalue weighted by Crippen LogP contribution is -2.39. The van der Waals surface area contributed by atoms with E-state index in [1.54, 1.807) is 19.2 Å². The summed E-state index contributed by atoms with van der Waals surface area (Å²) < 4.78 is 5.24. The van der Waals surface area contributed by atoms with E-state index in [9.17, 15) is 9.90 Å². The summed E-state index contributed by atoms with van der Waals surface area (Å²) in [4.78, 5) is 14.9. The molecule has 144 valence electrons. The number of methoxy groups -OCH3 is 1. The van der Waals surface area contributed by atoms with Crippen LogP contribution in [0.4, 0.5) is 0 Å². The Morgan fingerprint density at radius 2 is 1.85 bits per heavy atom. The van der Waals surface area contributed by atoms with Crippen LogP contribution in [0.2, 0.25) is 5.02 Å². The molecule has 0 radical (unpaired) electrons. The molecule has 4 nitrogen and oxygen atoms in total. The van der Waals surface area contributed by atoms with E-state index < -0.39 is 0 Å². The van der Waals surface area contributed by atoms with Gasteiger partial charge >= 0.3 is 0 Å². The molecule has 2 aromatic carbocycles. The number of rotatable bonds is 6. The summed E-state index contributed by atoms with van der Waals surface area (Å²) in [6.07, 6.45) is 2.32. The fourth-order valence-corrected chi connectivity index (χ4v) is 3.98. The molecule has 1 N–H and O–H groups in total. The number of piperidine rings is 1. The van der Waals surface area contributed by atoms with Gasteiger partial charge in [-0.1, -0.05) is 35.9 Å². The first-order valence-electron chi connectivity index (χ1n) is 9.38. The summed E-state index contributed by atoms with van der Waals surface area (Å²) in [6.45, 7) is 2.31. The zero-order valence-electron chi connectivity index (χ0n) is 15.6. The largest absolute Gasteiger partial charge is 0.508 e. The normalized spacial score (nSPS) is 16.3. The number of ether oxygens (including phenoxy) is 1. The lowest BCUT2D eigenvalue weighted by Gasteiger charge is -2.33. The van der Waals surface area contributed by atoms with Crippen LogP contribution in [0.1, 0.15) is 36.3 Å². The molecule has 0 aliphatic carbocycles. The maximum Gasteiger partial charge on any atom is 0.223 e. The van der Waals surface area contributed by atoms with E-state index in [2.05, 4.69) is 0 Å². The Balaban J connectivity index is 1.77. The molecule has 2 aromatic rings. The molecule has 1 atom stereocenters. The minimum atomic E-state index is -0.139. The van der Waals surface area contributed by atoms with Gasteiger partial charge in [-0.2, -0.15) is 0 Å². The molecule has 1 aliphatic rings. The van der Waals surface area contributed by atoms with Gasteiger partial charge in [0.2, 0.25) is 5.91 Å². The summed E-state index contributed by atoms with van der Waals surface area (Å²) in [7, 11) is 1.72. The van der Waals surface area contributed by atoms with Gasteiger partial charge in [0.25, 0.3) is 0 Å². The van der Waals surface area contributed by atoms with Crippen molar-refractivity contribution in [3.05, 3.63) is 64.7 Å². The SMILES string of the molecule is COCC1CCN(C(=O)C[C@@H](c2cccc(O)c2)c2cccc(Cl)c2)CC1. The highest BCUT2D eigenvalue weighted by atomic mass is 35.5. The highest BCUT2D eigenvalue weighted by Crippen LogP contribution is 2.32. The van der Waals surface area contributed by atoms with Crippen molar-refractivity contribution in [1.29, 1.82) is 0 Å². The molecule has 0 saturated carbocycles. The number of carbonyl (C=O) groups is 1. The Hall–Kier alpha value is -2.04. The Morgan fingerprint density at radius 1 is 1.19 bits per heavy atom. The van der Waals surface area contributed by atoms with E-state index in [-0.39, 0.29) is 17.6 Å². The van der Waals surface area contributed by atoms with Crippen molar-refractivity contribution < 1.29 is 14.6 Å². The second-order valence-electron chi connectivity index (χ2n) is 7.19. The monoisotopic (exact) mass is 387 g/mol. The van der Waals surface area contributed by atoms with Crippen LogP contribution in [0.5, 0.6) is 5.75 Å². The van der Waals surface area contributed by atoms with Crippen LogP contribution in [0.3, 0.4) is 0 Å². The molecule has 1 amide bonds. The number of carbonyl (C=O) groups excluding carboxylic acids is 1. The van der Waals surface area contributed by atoms with E-state index in [0.29, 0.717) is 17.4 Å². The van der Waals surface area contributed by atoms with E-state index in [1.165, 1.54) is 0 Å². The van der Waals surface area contributed by atoms with Crippen molar-refractivity contribution >= 4 is 17.5 Å². The van der Waals surface area contributed by atoms with E-state index in [4.69, 9.17) is 16.3 Å². The van der Waals surface area contributed by atoms with E-state index in [1.807, 2.05) is 41.3 Å². The molecule has 1 heterocycles. The van der Waals surface area contributed by atoms with Gasteiger partial charge in [0.1, 0.15) is 5.75 Å². The second-order valence-corrected chi connectivity index (χ2v) is 7.62. The third kappa shape index (κ3) is 5.24. The molecule has 0 spiro atoms. The number of phenolic OH excluding ortho intramolecular Hbond substituents is 1. The molecular weight excluding hydrogens is 362 g/mol. The maximum absolute atomic E-state index is 13.0. The molecular formula is C22H26ClNO3. The minimum absolute atomic E-state index is 0.138. The average Bonchev–Trinajstić information content (AvgIpc) is 2.67. The summed E-state index contributed by atoms with van der Waals surface area (Å²) in [5.41, 5.74) is 1.90. The van der Waals surface area contributed by atoms with E-state index >= 15 is 0 Å². The molecule has 1 saturated heterocycles. The first-order valence-corrected chi connectivity index (χ1v) is 9.75. The Bertz CT molecular complexity index is 726. The van der Waals surface area contributed by atoms with E-state index in [0.717, 1.165) is 43.7 Å². The predicted octanol–water partition coefficient (Wildman–Crippen LogP) is 4.45. The smallest absolute Gasteiger partial charge is 0.223 e. The number of aromatic hydroxyl groups is 1. The summed E-state index contributed by atoms with van der Waals surface area (Å²) in [5.74, 6) is 0.736. The van der Waals surface area contributed by atoms with Crippen molar-refractivity contribution in [2.75, 3.05) is 26.8 Å². The lowest BCUT2D eigenvalue weighted by molar-refractivity contribution is -0.133. The van der Waals surface area contributed by atoms with Gasteiger partial charge in [-0.15, -0.1) is 0 Å². The number of amides is 1. The number of halogens is 1. The van der Waals surface area contributed by atoms with Crippen molar-refractivity contribution in [3.63, 3.8) is 0 Å². The number of benzene rings is 2. The van der Waals surface area contributed by atoms with Crippen LogP contribution >= 0.6 is 11.6 Å². The lowest BCUT2D eigenvalue weighted by atomic mass is 9.87. The fourth-order valence-electron chi connectivity index (χ4n) is 3.78. The molecule has 5 heteroatoms. The Morgan fingerprint density at radius 3 is 2.48 bits per heavy atom. The number of phenols is 1. The summed E-state index contributed by atoms with van der Waals surface area (Å²) in [5, 5.41) is 10.5. The van der Waals surface area contributed by atoms with Gasteiger partial charge in [-0.05, 0) is 54.2 Å². The van der Waals surface area contributed by atoms with Gasteiger partial charge in [0, 0.05) is 44.2 Å². The van der Waals surface area contributed by atoms with Crippen molar-refractivity contribution in [2.24, 2.45) is 5.92 Å². The van der Waals surface area contributed by atoms with Gasteiger partial charge < -0.3 is 14.7 Å². The number of likely N-dealkylation sites (tertiary alicyclic amines) is 1. The first kappa shape index (κ1) is 19.7. The number of hydrogen-bond acceptors (Lipinski definition) is 3. The highest BCUT2D eigenvalue weighted by molar-refractivity contribution is 6.30. The Kier molecular flexibility index (Phi) is 6.75. The Labute approximate surface area is 165 Å². The maximum atomic E-state index is 13.0. The van der Waals surface area contributed by atoms with Gasteiger partial charge in [0.15, 0.2) is 0 Å². The summed E-state index contributed by atoms with van der Waals surface area (Å²) >= 11 is 6.18. The third-order valence-corrected chi connectivity index (χ3v) is 5.51. The molecule has 0 unspecified atom stereocenters. The van der Waals surface area contributed by atoms with Crippen LogP contribution in [-0.2, 0) is 9.53 Å². The molecule has 1 fully saturated rings. The average molecular weight is 388 g/mol.